The third kappa shape index (κ3) is 3.83. The minimum Gasteiger partial charge on any atom is -0.383 e. The standard InChI is InChI=1S/C19H21ClN6O3/c1-10-12(20)3-2-4-13(10)22-18(28)11-9-14(27)23-17-15(11)16(21)24-19(25-17)26-5-7-29-8-6-26/h2-4,11H,5-9H2,1H3,(H,22,28)(H3,21,23,24,25,27). The molecule has 1 fully saturated rings. The average molecular weight is 417 g/mol. The first-order valence-electron chi connectivity index (χ1n) is 9.30. The van der Waals surface area contributed by atoms with E-state index in [-0.39, 0.29) is 29.9 Å². The van der Waals surface area contributed by atoms with Gasteiger partial charge in [-0.05, 0) is 24.6 Å². The van der Waals surface area contributed by atoms with E-state index in [9.17, 15) is 9.59 Å². The van der Waals surface area contributed by atoms with Gasteiger partial charge >= 0.3 is 0 Å². The van der Waals surface area contributed by atoms with Crippen LogP contribution in [0.5, 0.6) is 0 Å². The third-order valence-electron chi connectivity index (χ3n) is 5.10. The summed E-state index contributed by atoms with van der Waals surface area (Å²) >= 11 is 6.13. The van der Waals surface area contributed by atoms with Gasteiger partial charge in [0.25, 0.3) is 0 Å². The lowest BCUT2D eigenvalue weighted by molar-refractivity contribution is -0.123. The second-order valence-electron chi connectivity index (χ2n) is 6.98. The summed E-state index contributed by atoms with van der Waals surface area (Å²) in [6.07, 6.45) is -0.0388. The quantitative estimate of drug-likeness (QED) is 0.698. The summed E-state index contributed by atoms with van der Waals surface area (Å²) in [6.45, 7) is 4.20. The Bertz CT molecular complexity index is 977. The van der Waals surface area contributed by atoms with Crippen molar-refractivity contribution >= 4 is 46.7 Å². The van der Waals surface area contributed by atoms with E-state index in [4.69, 9.17) is 22.1 Å². The first-order valence-corrected chi connectivity index (χ1v) is 9.67. The number of nitrogen functional groups attached to an aromatic ring is 1. The number of halogens is 1. The van der Waals surface area contributed by atoms with Gasteiger partial charge in [-0.3, -0.25) is 9.59 Å². The summed E-state index contributed by atoms with van der Waals surface area (Å²) in [5.74, 6) is -0.586. The highest BCUT2D eigenvalue weighted by Gasteiger charge is 2.35. The lowest BCUT2D eigenvalue weighted by atomic mass is 9.91. The maximum Gasteiger partial charge on any atom is 0.232 e. The third-order valence-corrected chi connectivity index (χ3v) is 5.50. The number of hydrogen-bond donors (Lipinski definition) is 3. The van der Waals surface area contributed by atoms with Crippen LogP contribution in [0.2, 0.25) is 5.02 Å². The molecule has 0 spiro atoms. The van der Waals surface area contributed by atoms with Crippen LogP contribution >= 0.6 is 11.6 Å². The Hall–Kier alpha value is -2.91. The van der Waals surface area contributed by atoms with Gasteiger partial charge in [0.15, 0.2) is 0 Å². The number of aromatic nitrogens is 2. The largest absolute Gasteiger partial charge is 0.383 e. The molecule has 1 atom stereocenters. The predicted octanol–water partition coefficient (Wildman–Crippen LogP) is 1.92. The maximum absolute atomic E-state index is 13.0. The van der Waals surface area contributed by atoms with E-state index >= 15 is 0 Å². The minimum absolute atomic E-state index is 0.0388. The number of fused-ring (bicyclic) bond motifs is 1. The Morgan fingerprint density at radius 3 is 2.86 bits per heavy atom. The van der Waals surface area contributed by atoms with Crippen molar-refractivity contribution in [2.75, 3.05) is 47.6 Å². The van der Waals surface area contributed by atoms with Gasteiger partial charge in [-0.2, -0.15) is 9.97 Å². The molecule has 3 heterocycles. The zero-order valence-corrected chi connectivity index (χ0v) is 16.6. The zero-order valence-electron chi connectivity index (χ0n) is 15.9. The zero-order chi connectivity index (χ0) is 20.5. The fourth-order valence-corrected chi connectivity index (χ4v) is 3.65. The summed E-state index contributed by atoms with van der Waals surface area (Å²) in [4.78, 5) is 36.1. The Morgan fingerprint density at radius 1 is 1.34 bits per heavy atom. The molecule has 0 aliphatic carbocycles. The van der Waals surface area contributed by atoms with Crippen molar-refractivity contribution in [3.05, 3.63) is 34.3 Å². The lowest BCUT2D eigenvalue weighted by Gasteiger charge is -2.30. The fraction of sp³-hybridized carbons (Fsp3) is 0.368. The molecule has 2 aliphatic rings. The second-order valence-corrected chi connectivity index (χ2v) is 7.38. The number of rotatable bonds is 3. The molecule has 2 aromatic rings. The van der Waals surface area contributed by atoms with E-state index in [2.05, 4.69) is 20.6 Å². The van der Waals surface area contributed by atoms with Gasteiger partial charge in [0.1, 0.15) is 11.6 Å². The Balaban J connectivity index is 1.65. The van der Waals surface area contributed by atoms with Crippen LogP contribution in [0.15, 0.2) is 18.2 Å². The van der Waals surface area contributed by atoms with Gasteiger partial charge in [-0.25, -0.2) is 0 Å². The van der Waals surface area contributed by atoms with E-state index in [1.165, 1.54) is 0 Å². The van der Waals surface area contributed by atoms with Gasteiger partial charge in [0.05, 0.1) is 24.7 Å². The van der Waals surface area contributed by atoms with Crippen LogP contribution in [0.3, 0.4) is 0 Å². The van der Waals surface area contributed by atoms with Crippen molar-refractivity contribution in [1.82, 2.24) is 9.97 Å². The average Bonchev–Trinajstić information content (AvgIpc) is 2.71. The monoisotopic (exact) mass is 416 g/mol. The van der Waals surface area contributed by atoms with Crippen molar-refractivity contribution in [2.45, 2.75) is 19.3 Å². The smallest absolute Gasteiger partial charge is 0.232 e. The molecule has 9 nitrogen and oxygen atoms in total. The van der Waals surface area contributed by atoms with Gasteiger partial charge in [0, 0.05) is 30.2 Å². The number of carbonyl (C=O) groups excluding carboxylic acids is 2. The molecular formula is C19H21ClN6O3. The van der Waals surface area contributed by atoms with Crippen molar-refractivity contribution in [2.24, 2.45) is 0 Å². The summed E-state index contributed by atoms with van der Waals surface area (Å²) in [6, 6.07) is 5.25. The highest BCUT2D eigenvalue weighted by molar-refractivity contribution is 6.31. The number of ether oxygens (including phenoxy) is 1. The highest BCUT2D eigenvalue weighted by atomic mass is 35.5. The molecule has 0 radical (unpaired) electrons. The van der Waals surface area contributed by atoms with Gasteiger partial charge in [-0.15, -0.1) is 0 Å². The number of anilines is 4. The van der Waals surface area contributed by atoms with Crippen molar-refractivity contribution < 1.29 is 14.3 Å². The SMILES string of the molecule is Cc1c(Cl)cccc1NC(=O)C1CC(=O)Nc2nc(N3CCOCC3)nc(N)c21. The first-order chi connectivity index (χ1) is 13.9. The molecule has 1 saturated heterocycles. The molecule has 2 aliphatic heterocycles. The lowest BCUT2D eigenvalue weighted by Crippen LogP contribution is -2.38. The minimum atomic E-state index is -0.795. The molecule has 0 saturated carbocycles. The number of nitrogens with two attached hydrogens (primary N) is 1. The van der Waals surface area contributed by atoms with Crippen LogP contribution in [0.1, 0.15) is 23.5 Å². The van der Waals surface area contributed by atoms with Crippen molar-refractivity contribution in [3.8, 4) is 0 Å². The van der Waals surface area contributed by atoms with Crippen LogP contribution in [-0.2, 0) is 14.3 Å². The number of hydrogen-bond acceptors (Lipinski definition) is 7. The molecule has 4 N–H and O–H groups in total. The number of morpholine rings is 1. The normalized spacial score (nSPS) is 18.8. The van der Waals surface area contributed by atoms with Crippen LogP contribution in [0.4, 0.5) is 23.3 Å². The van der Waals surface area contributed by atoms with Crippen LogP contribution < -0.4 is 21.3 Å². The molecule has 2 amide bonds. The molecule has 1 aromatic heterocycles. The van der Waals surface area contributed by atoms with Gasteiger partial charge in [0.2, 0.25) is 17.8 Å². The van der Waals surface area contributed by atoms with Gasteiger partial charge in [-0.1, -0.05) is 17.7 Å². The van der Waals surface area contributed by atoms with E-state index in [1.54, 1.807) is 18.2 Å². The topological polar surface area (TPSA) is 122 Å². The molecule has 4 rings (SSSR count). The molecule has 0 bridgehead atoms. The van der Waals surface area contributed by atoms with E-state index < -0.39 is 5.92 Å². The highest BCUT2D eigenvalue weighted by Crippen LogP contribution is 2.37. The summed E-state index contributed by atoms with van der Waals surface area (Å²) < 4.78 is 5.34. The van der Waals surface area contributed by atoms with E-state index in [1.807, 2.05) is 11.8 Å². The number of nitrogens with one attached hydrogen (secondary N) is 2. The number of amides is 2. The van der Waals surface area contributed by atoms with E-state index in [0.29, 0.717) is 48.5 Å². The number of benzene rings is 1. The van der Waals surface area contributed by atoms with Crippen LogP contribution in [0.25, 0.3) is 0 Å². The van der Waals surface area contributed by atoms with Crippen molar-refractivity contribution in [1.29, 1.82) is 0 Å². The summed E-state index contributed by atoms with van der Waals surface area (Å²) in [7, 11) is 0. The van der Waals surface area contributed by atoms with Gasteiger partial charge < -0.3 is 26.0 Å². The molecule has 1 aromatic carbocycles. The number of carbonyl (C=O) groups is 2. The molecule has 152 valence electrons. The van der Waals surface area contributed by atoms with E-state index in [0.717, 1.165) is 5.56 Å². The first kappa shape index (κ1) is 19.4. The Kier molecular flexibility index (Phi) is 5.25. The Morgan fingerprint density at radius 2 is 2.10 bits per heavy atom. The molecule has 29 heavy (non-hydrogen) atoms. The fourth-order valence-electron chi connectivity index (χ4n) is 3.48. The summed E-state index contributed by atoms with van der Waals surface area (Å²) in [5.41, 5.74) is 7.97. The Labute approximate surface area is 172 Å². The van der Waals surface area contributed by atoms with Crippen molar-refractivity contribution in [3.63, 3.8) is 0 Å². The van der Waals surface area contributed by atoms with Crippen LogP contribution in [0, 0.1) is 6.92 Å². The number of nitrogens with zero attached hydrogens (tertiary/aromatic N) is 3. The summed E-state index contributed by atoms with van der Waals surface area (Å²) in [5, 5.41) is 6.11. The molecule has 1 unspecified atom stereocenters. The van der Waals surface area contributed by atoms with Crippen LogP contribution in [-0.4, -0.2) is 48.1 Å². The second kappa shape index (κ2) is 7.84. The predicted molar refractivity (Wildman–Crippen MR) is 110 cm³/mol. The maximum atomic E-state index is 13.0. The molecular weight excluding hydrogens is 396 g/mol. The molecule has 10 heteroatoms.